The van der Waals surface area contributed by atoms with Gasteiger partial charge in [0, 0.05) is 10.0 Å². The van der Waals surface area contributed by atoms with E-state index in [9.17, 15) is 4.79 Å². The number of carbonyl (C=O) groups is 1. The number of carbonyl (C=O) groups excluding carboxylic acids is 1. The summed E-state index contributed by atoms with van der Waals surface area (Å²) in [5, 5.41) is 2.87. The summed E-state index contributed by atoms with van der Waals surface area (Å²) in [5.74, 6) is 0.781. The Morgan fingerprint density at radius 1 is 1.09 bits per heavy atom. The number of nitrogens with one attached hydrogen (secondary N) is 1. The van der Waals surface area contributed by atoms with Gasteiger partial charge in [-0.05, 0) is 41.3 Å². The van der Waals surface area contributed by atoms with Crippen LogP contribution in [0.4, 0.5) is 0 Å². The summed E-state index contributed by atoms with van der Waals surface area (Å²) in [6.07, 6.45) is 0. The molecule has 0 aromatic heterocycles. The van der Waals surface area contributed by atoms with Gasteiger partial charge in [-0.15, -0.1) is 0 Å². The maximum absolute atomic E-state index is 12.0. The van der Waals surface area contributed by atoms with Crippen LogP contribution in [0.3, 0.4) is 0 Å². The highest BCUT2D eigenvalue weighted by atomic mass is 79.9. The first kappa shape index (κ1) is 17.5. The summed E-state index contributed by atoms with van der Waals surface area (Å²) in [6.45, 7) is 7.38. The fourth-order valence-corrected chi connectivity index (χ4v) is 2.51. The molecule has 0 unspecified atom stereocenters. The third-order valence-electron chi connectivity index (χ3n) is 3.45. The predicted molar refractivity (Wildman–Crippen MR) is 97.1 cm³/mol. The van der Waals surface area contributed by atoms with Crippen molar-refractivity contribution in [2.24, 2.45) is 0 Å². The molecule has 0 saturated heterocycles. The maximum atomic E-state index is 12.0. The van der Waals surface area contributed by atoms with Gasteiger partial charge in [-0.1, -0.05) is 54.9 Å². The van der Waals surface area contributed by atoms with E-state index in [4.69, 9.17) is 4.74 Å². The van der Waals surface area contributed by atoms with E-state index in [0.29, 0.717) is 18.7 Å². The molecule has 0 aliphatic carbocycles. The zero-order chi connectivity index (χ0) is 16.9. The predicted octanol–water partition coefficient (Wildman–Crippen LogP) is 4.56. The van der Waals surface area contributed by atoms with Crippen LogP contribution in [0.15, 0.2) is 53.0 Å². The summed E-state index contributed by atoms with van der Waals surface area (Å²) in [6, 6.07) is 15.3. The fourth-order valence-electron chi connectivity index (χ4n) is 2.24. The molecule has 0 atom stereocenters. The molecular weight excluding hydrogens is 354 g/mol. The van der Waals surface area contributed by atoms with Crippen LogP contribution < -0.4 is 10.1 Å². The van der Waals surface area contributed by atoms with Gasteiger partial charge in [0.15, 0.2) is 0 Å². The molecular formula is C19H22BrNO2. The Kier molecular flexibility index (Phi) is 5.83. The average molecular weight is 376 g/mol. The highest BCUT2D eigenvalue weighted by Gasteiger charge is 2.18. The third kappa shape index (κ3) is 5.10. The van der Waals surface area contributed by atoms with Gasteiger partial charge >= 0.3 is 0 Å². The van der Waals surface area contributed by atoms with Crippen molar-refractivity contribution in [1.82, 2.24) is 5.32 Å². The van der Waals surface area contributed by atoms with E-state index in [-0.39, 0.29) is 11.3 Å². The minimum atomic E-state index is -0.0924. The second-order valence-corrected chi connectivity index (χ2v) is 7.27. The van der Waals surface area contributed by atoms with Crippen molar-refractivity contribution < 1.29 is 9.53 Å². The van der Waals surface area contributed by atoms with E-state index >= 15 is 0 Å². The standard InChI is InChI=1S/C19H22BrNO2/c1-19(2,3)16-6-4-5-7-17(16)23-13-12-21-18(22)14-8-10-15(20)11-9-14/h4-11H,12-13H2,1-3H3,(H,21,22). The molecule has 0 heterocycles. The lowest BCUT2D eigenvalue weighted by molar-refractivity contribution is 0.0947. The number of benzene rings is 2. The third-order valence-corrected chi connectivity index (χ3v) is 3.98. The Labute approximate surface area is 146 Å². The van der Waals surface area contributed by atoms with Gasteiger partial charge in [0.05, 0.1) is 6.54 Å². The molecule has 23 heavy (non-hydrogen) atoms. The van der Waals surface area contributed by atoms with Gasteiger partial charge in [-0.2, -0.15) is 0 Å². The lowest BCUT2D eigenvalue weighted by Crippen LogP contribution is -2.28. The molecule has 2 aromatic carbocycles. The molecule has 122 valence electrons. The second kappa shape index (κ2) is 7.64. The largest absolute Gasteiger partial charge is 0.491 e. The lowest BCUT2D eigenvalue weighted by Gasteiger charge is -2.22. The Hall–Kier alpha value is -1.81. The molecule has 0 spiro atoms. The van der Waals surface area contributed by atoms with Crippen molar-refractivity contribution in [3.63, 3.8) is 0 Å². The van der Waals surface area contributed by atoms with Gasteiger partial charge < -0.3 is 10.1 Å². The summed E-state index contributed by atoms with van der Waals surface area (Å²) in [5.41, 5.74) is 1.83. The topological polar surface area (TPSA) is 38.3 Å². The molecule has 4 heteroatoms. The van der Waals surface area contributed by atoms with Gasteiger partial charge in [-0.3, -0.25) is 4.79 Å². The highest BCUT2D eigenvalue weighted by molar-refractivity contribution is 9.10. The number of halogens is 1. The highest BCUT2D eigenvalue weighted by Crippen LogP contribution is 2.30. The summed E-state index contributed by atoms with van der Waals surface area (Å²) in [4.78, 5) is 12.0. The quantitative estimate of drug-likeness (QED) is 0.778. The minimum absolute atomic E-state index is 0.0251. The Morgan fingerprint density at radius 2 is 1.74 bits per heavy atom. The van der Waals surface area contributed by atoms with Crippen LogP contribution in [-0.4, -0.2) is 19.1 Å². The maximum Gasteiger partial charge on any atom is 0.251 e. The molecule has 3 nitrogen and oxygen atoms in total. The monoisotopic (exact) mass is 375 g/mol. The molecule has 2 aromatic rings. The van der Waals surface area contributed by atoms with Crippen molar-refractivity contribution >= 4 is 21.8 Å². The smallest absolute Gasteiger partial charge is 0.251 e. The van der Waals surface area contributed by atoms with Crippen LogP contribution in [0.5, 0.6) is 5.75 Å². The first-order chi connectivity index (χ1) is 10.9. The van der Waals surface area contributed by atoms with Crippen LogP contribution in [0, 0.1) is 0 Å². The molecule has 0 aliphatic rings. The first-order valence-corrected chi connectivity index (χ1v) is 8.43. The second-order valence-electron chi connectivity index (χ2n) is 6.36. The van der Waals surface area contributed by atoms with Crippen molar-refractivity contribution in [3.05, 3.63) is 64.1 Å². The molecule has 0 saturated carbocycles. The van der Waals surface area contributed by atoms with Gasteiger partial charge in [-0.25, -0.2) is 0 Å². The normalized spacial score (nSPS) is 11.1. The fraction of sp³-hybridized carbons (Fsp3) is 0.316. The lowest BCUT2D eigenvalue weighted by atomic mass is 9.86. The number of amides is 1. The van der Waals surface area contributed by atoms with Crippen LogP contribution in [0.2, 0.25) is 0 Å². The number of ether oxygens (including phenoxy) is 1. The summed E-state index contributed by atoms with van der Waals surface area (Å²) < 4.78 is 6.80. The Bertz CT molecular complexity index is 660. The van der Waals surface area contributed by atoms with E-state index in [2.05, 4.69) is 48.1 Å². The van der Waals surface area contributed by atoms with Crippen molar-refractivity contribution in [3.8, 4) is 5.75 Å². The van der Waals surface area contributed by atoms with E-state index in [1.807, 2.05) is 30.3 Å². The van der Waals surface area contributed by atoms with Gasteiger partial charge in [0.1, 0.15) is 12.4 Å². The molecule has 1 amide bonds. The van der Waals surface area contributed by atoms with E-state index in [1.165, 1.54) is 5.56 Å². The van der Waals surface area contributed by atoms with Crippen LogP contribution in [0.1, 0.15) is 36.7 Å². The SMILES string of the molecule is CC(C)(C)c1ccccc1OCCNC(=O)c1ccc(Br)cc1. The zero-order valence-corrected chi connectivity index (χ0v) is 15.3. The Morgan fingerprint density at radius 3 is 2.39 bits per heavy atom. The van der Waals surface area contributed by atoms with E-state index in [0.717, 1.165) is 10.2 Å². The van der Waals surface area contributed by atoms with Crippen molar-refractivity contribution in [2.45, 2.75) is 26.2 Å². The number of hydrogen-bond acceptors (Lipinski definition) is 2. The van der Waals surface area contributed by atoms with Gasteiger partial charge in [0.2, 0.25) is 0 Å². The minimum Gasteiger partial charge on any atom is -0.491 e. The van der Waals surface area contributed by atoms with Crippen LogP contribution in [0.25, 0.3) is 0 Å². The molecule has 0 bridgehead atoms. The summed E-state index contributed by atoms with van der Waals surface area (Å²) in [7, 11) is 0. The van der Waals surface area contributed by atoms with E-state index < -0.39 is 0 Å². The summed E-state index contributed by atoms with van der Waals surface area (Å²) >= 11 is 3.36. The molecule has 0 fully saturated rings. The van der Waals surface area contributed by atoms with Crippen LogP contribution >= 0.6 is 15.9 Å². The van der Waals surface area contributed by atoms with E-state index in [1.54, 1.807) is 12.1 Å². The first-order valence-electron chi connectivity index (χ1n) is 7.64. The van der Waals surface area contributed by atoms with Crippen molar-refractivity contribution in [1.29, 1.82) is 0 Å². The number of rotatable bonds is 5. The number of hydrogen-bond donors (Lipinski definition) is 1. The molecule has 2 rings (SSSR count). The average Bonchev–Trinajstić information content (AvgIpc) is 2.51. The number of para-hydroxylation sites is 1. The Balaban J connectivity index is 1.86. The molecule has 1 N–H and O–H groups in total. The van der Waals surface area contributed by atoms with Crippen molar-refractivity contribution in [2.75, 3.05) is 13.2 Å². The zero-order valence-electron chi connectivity index (χ0n) is 13.7. The molecule has 0 aliphatic heterocycles. The van der Waals surface area contributed by atoms with Crippen LogP contribution in [-0.2, 0) is 5.41 Å². The van der Waals surface area contributed by atoms with Gasteiger partial charge in [0.25, 0.3) is 5.91 Å². The molecule has 0 radical (unpaired) electrons.